The molecule has 2 aromatic carbocycles. The number of halogens is 1. The summed E-state index contributed by atoms with van der Waals surface area (Å²) in [5.41, 5.74) is 1.99. The van der Waals surface area contributed by atoms with Crippen molar-refractivity contribution in [2.24, 2.45) is 0 Å². The first-order valence-corrected chi connectivity index (χ1v) is 10.0. The number of piperidine rings is 1. The highest BCUT2D eigenvalue weighted by Gasteiger charge is 2.45. The molecule has 2 aliphatic rings. The van der Waals surface area contributed by atoms with Gasteiger partial charge in [0.2, 0.25) is 11.8 Å². The molecule has 2 heterocycles. The summed E-state index contributed by atoms with van der Waals surface area (Å²) in [5.74, 6) is -2.68. The van der Waals surface area contributed by atoms with Crippen LogP contribution in [0.4, 0.5) is 0 Å². The van der Waals surface area contributed by atoms with E-state index in [1.54, 1.807) is 30.3 Å². The van der Waals surface area contributed by atoms with Crippen molar-refractivity contribution in [1.82, 2.24) is 15.5 Å². The molecule has 158 valence electrons. The summed E-state index contributed by atoms with van der Waals surface area (Å²) in [7, 11) is 0. The van der Waals surface area contributed by atoms with Gasteiger partial charge in [0.25, 0.3) is 17.7 Å². The summed E-state index contributed by atoms with van der Waals surface area (Å²) in [6, 6.07) is 8.65. The number of nitrogens with zero attached hydrogens (tertiary/aromatic N) is 1. The molecule has 9 heteroatoms. The van der Waals surface area contributed by atoms with Crippen LogP contribution in [0.3, 0.4) is 0 Å². The number of nitrogens with one attached hydrogen (secondary N) is 2. The lowest BCUT2D eigenvalue weighted by Gasteiger charge is -2.27. The van der Waals surface area contributed by atoms with Crippen LogP contribution in [0.15, 0.2) is 36.4 Å². The Balaban J connectivity index is 1.56. The molecule has 1 atom stereocenters. The van der Waals surface area contributed by atoms with Gasteiger partial charge in [0.05, 0.1) is 11.1 Å². The van der Waals surface area contributed by atoms with E-state index >= 15 is 0 Å². The smallest absolute Gasteiger partial charge is 0.262 e. The van der Waals surface area contributed by atoms with Crippen molar-refractivity contribution in [1.29, 1.82) is 0 Å². The number of fused-ring (bicyclic) bond motifs is 1. The molecule has 2 N–H and O–H groups in total. The van der Waals surface area contributed by atoms with Gasteiger partial charge in [0.15, 0.2) is 0 Å². The molecular weight excluding hydrogens is 422 g/mol. The predicted octanol–water partition coefficient (Wildman–Crippen LogP) is 1.98. The summed E-state index contributed by atoms with van der Waals surface area (Å²) in [5, 5.41) is 5.36. The summed E-state index contributed by atoms with van der Waals surface area (Å²) < 4.78 is 0. The number of imide groups is 2. The molecule has 1 unspecified atom stereocenters. The van der Waals surface area contributed by atoms with Gasteiger partial charge in [0, 0.05) is 23.6 Å². The third-order valence-electron chi connectivity index (χ3n) is 5.43. The molecule has 1 fully saturated rings. The Morgan fingerprint density at radius 1 is 1.16 bits per heavy atom. The first-order valence-electron chi connectivity index (χ1n) is 9.65. The zero-order chi connectivity index (χ0) is 22.3. The monoisotopic (exact) mass is 439 g/mol. The Labute approximate surface area is 182 Å². The first kappa shape index (κ1) is 20.7. The van der Waals surface area contributed by atoms with Crippen molar-refractivity contribution in [3.05, 3.63) is 69.2 Å². The highest BCUT2D eigenvalue weighted by Crippen LogP contribution is 2.30. The minimum Gasteiger partial charge on any atom is -0.348 e. The van der Waals surface area contributed by atoms with Crippen LogP contribution in [0.5, 0.6) is 0 Å². The van der Waals surface area contributed by atoms with Gasteiger partial charge in [-0.1, -0.05) is 29.8 Å². The van der Waals surface area contributed by atoms with E-state index in [1.807, 2.05) is 6.92 Å². The SMILES string of the molecule is Cc1ccc(C(=O)NCc2cccc3c2C(=O)N(C2CCC(=O)NC2=O)C3=O)cc1Cl. The Hall–Kier alpha value is -3.52. The van der Waals surface area contributed by atoms with Crippen molar-refractivity contribution in [2.75, 3.05) is 0 Å². The van der Waals surface area contributed by atoms with Gasteiger partial charge in [-0.15, -0.1) is 0 Å². The first-order chi connectivity index (χ1) is 14.8. The van der Waals surface area contributed by atoms with Crippen molar-refractivity contribution in [3.63, 3.8) is 0 Å². The number of amides is 5. The molecular formula is C22H18ClN3O5. The Morgan fingerprint density at radius 2 is 1.94 bits per heavy atom. The van der Waals surface area contributed by atoms with E-state index < -0.39 is 29.7 Å². The minimum atomic E-state index is -1.04. The van der Waals surface area contributed by atoms with E-state index in [-0.39, 0.29) is 36.4 Å². The third kappa shape index (κ3) is 3.70. The van der Waals surface area contributed by atoms with Gasteiger partial charge < -0.3 is 5.32 Å². The maximum atomic E-state index is 13.1. The molecule has 0 saturated carbocycles. The van der Waals surface area contributed by atoms with Crippen molar-refractivity contribution in [2.45, 2.75) is 32.4 Å². The van der Waals surface area contributed by atoms with Gasteiger partial charge in [-0.3, -0.25) is 34.2 Å². The number of carbonyl (C=O) groups is 5. The average Bonchev–Trinajstić information content (AvgIpc) is 2.99. The number of benzene rings is 2. The summed E-state index contributed by atoms with van der Waals surface area (Å²) in [4.78, 5) is 62.9. The zero-order valence-electron chi connectivity index (χ0n) is 16.5. The van der Waals surface area contributed by atoms with Crippen LogP contribution >= 0.6 is 11.6 Å². The standard InChI is InChI=1S/C22H18ClN3O5/c1-11-5-6-12(9-15(11)23)19(28)24-10-13-3-2-4-14-18(13)22(31)26(21(14)30)16-7-8-17(27)25-20(16)29/h2-6,9,16H,7-8,10H2,1H3,(H,24,28)(H,25,27,29). The molecule has 0 spiro atoms. The lowest BCUT2D eigenvalue weighted by molar-refractivity contribution is -0.136. The molecule has 31 heavy (non-hydrogen) atoms. The van der Waals surface area contributed by atoms with E-state index in [0.717, 1.165) is 10.5 Å². The molecule has 5 amide bonds. The Bertz CT molecular complexity index is 1160. The van der Waals surface area contributed by atoms with Gasteiger partial charge in [-0.2, -0.15) is 0 Å². The molecule has 1 saturated heterocycles. The molecule has 0 aliphatic carbocycles. The summed E-state index contributed by atoms with van der Waals surface area (Å²) >= 11 is 6.08. The number of aryl methyl sites for hydroxylation is 1. The number of hydrogen-bond acceptors (Lipinski definition) is 5. The molecule has 4 rings (SSSR count). The topological polar surface area (TPSA) is 113 Å². The largest absolute Gasteiger partial charge is 0.348 e. The quantitative estimate of drug-likeness (QED) is 0.707. The highest BCUT2D eigenvalue weighted by atomic mass is 35.5. The second-order valence-corrected chi connectivity index (χ2v) is 7.84. The molecule has 0 aromatic heterocycles. The van der Waals surface area contributed by atoms with E-state index in [0.29, 0.717) is 16.1 Å². The molecule has 0 bridgehead atoms. The predicted molar refractivity (Wildman–Crippen MR) is 110 cm³/mol. The van der Waals surface area contributed by atoms with Crippen LogP contribution in [0.1, 0.15) is 55.0 Å². The Kier molecular flexibility index (Phi) is 5.32. The van der Waals surface area contributed by atoms with Crippen LogP contribution in [0, 0.1) is 6.92 Å². The highest BCUT2D eigenvalue weighted by molar-refractivity contribution is 6.31. The van der Waals surface area contributed by atoms with Crippen LogP contribution in [0.25, 0.3) is 0 Å². The summed E-state index contributed by atoms with van der Waals surface area (Å²) in [6.45, 7) is 1.84. The van der Waals surface area contributed by atoms with Gasteiger partial charge in [-0.05, 0) is 42.7 Å². The third-order valence-corrected chi connectivity index (χ3v) is 5.84. The molecule has 8 nitrogen and oxygen atoms in total. The van der Waals surface area contributed by atoms with Crippen LogP contribution < -0.4 is 10.6 Å². The molecule has 2 aromatic rings. The fourth-order valence-electron chi connectivity index (χ4n) is 3.74. The zero-order valence-corrected chi connectivity index (χ0v) is 17.3. The fraction of sp³-hybridized carbons (Fsp3) is 0.227. The van der Waals surface area contributed by atoms with Crippen LogP contribution in [-0.2, 0) is 16.1 Å². The number of hydrogen-bond donors (Lipinski definition) is 2. The van der Waals surface area contributed by atoms with E-state index in [1.165, 1.54) is 6.07 Å². The van der Waals surface area contributed by atoms with Crippen LogP contribution in [0.2, 0.25) is 5.02 Å². The van der Waals surface area contributed by atoms with E-state index in [4.69, 9.17) is 11.6 Å². The lowest BCUT2D eigenvalue weighted by atomic mass is 10.0. The maximum Gasteiger partial charge on any atom is 0.262 e. The van der Waals surface area contributed by atoms with Gasteiger partial charge in [-0.25, -0.2) is 0 Å². The Morgan fingerprint density at radius 3 is 2.65 bits per heavy atom. The van der Waals surface area contributed by atoms with E-state index in [9.17, 15) is 24.0 Å². The van der Waals surface area contributed by atoms with Gasteiger partial charge in [0.1, 0.15) is 6.04 Å². The minimum absolute atomic E-state index is 0.00963. The fourth-order valence-corrected chi connectivity index (χ4v) is 3.92. The number of carbonyl (C=O) groups excluding carboxylic acids is 5. The van der Waals surface area contributed by atoms with Crippen LogP contribution in [-0.4, -0.2) is 40.5 Å². The van der Waals surface area contributed by atoms with Gasteiger partial charge >= 0.3 is 0 Å². The van der Waals surface area contributed by atoms with Crippen molar-refractivity contribution >= 4 is 41.1 Å². The van der Waals surface area contributed by atoms with Crippen molar-refractivity contribution < 1.29 is 24.0 Å². The average molecular weight is 440 g/mol. The molecule has 0 radical (unpaired) electrons. The van der Waals surface area contributed by atoms with E-state index in [2.05, 4.69) is 10.6 Å². The van der Waals surface area contributed by atoms with Crippen molar-refractivity contribution in [3.8, 4) is 0 Å². The summed E-state index contributed by atoms with van der Waals surface area (Å²) in [6.07, 6.45) is 0.127. The number of rotatable bonds is 4. The lowest BCUT2D eigenvalue weighted by Crippen LogP contribution is -2.54. The normalized spacial score (nSPS) is 18.1. The molecule has 2 aliphatic heterocycles. The second-order valence-electron chi connectivity index (χ2n) is 7.43. The maximum absolute atomic E-state index is 13.1. The second kappa shape index (κ2) is 7.96.